The van der Waals surface area contributed by atoms with Crippen molar-refractivity contribution in [3.63, 3.8) is 0 Å². The molecule has 12 heavy (non-hydrogen) atoms. The van der Waals surface area contributed by atoms with Crippen LogP contribution in [0.25, 0.3) is 0 Å². The van der Waals surface area contributed by atoms with E-state index in [0.29, 0.717) is 5.69 Å². The predicted molar refractivity (Wildman–Crippen MR) is 45.3 cm³/mol. The second-order valence-corrected chi connectivity index (χ2v) is 2.20. The first-order valence-electron chi connectivity index (χ1n) is 3.43. The van der Waals surface area contributed by atoms with E-state index < -0.39 is 5.82 Å². The maximum atomic E-state index is 13.0. The van der Waals surface area contributed by atoms with Gasteiger partial charge >= 0.3 is 0 Å². The molecule has 0 saturated carbocycles. The fourth-order valence-corrected chi connectivity index (χ4v) is 0.944. The number of benzene rings is 1. The van der Waals surface area contributed by atoms with E-state index in [-0.39, 0.29) is 5.56 Å². The minimum absolute atomic E-state index is 0.252. The molecule has 0 atom stereocenters. The van der Waals surface area contributed by atoms with E-state index in [1.807, 2.05) is 0 Å². The van der Waals surface area contributed by atoms with Crippen molar-refractivity contribution in [2.24, 2.45) is 5.16 Å². The molecule has 0 saturated heterocycles. The third-order valence-corrected chi connectivity index (χ3v) is 1.51. The molecule has 0 aliphatic rings. The summed E-state index contributed by atoms with van der Waals surface area (Å²) in [5, 5.41) is 13.8. The molecule has 0 aromatic heterocycles. The molecule has 2 N–H and O–H groups in total. The van der Waals surface area contributed by atoms with Crippen molar-refractivity contribution >= 4 is 11.9 Å². The average Bonchev–Trinajstić information content (AvgIpc) is 2.09. The van der Waals surface area contributed by atoms with Gasteiger partial charge in [0.2, 0.25) is 0 Å². The Balaban J connectivity index is 3.19. The number of rotatable bonds is 2. The lowest BCUT2D eigenvalue weighted by Gasteiger charge is -2.03. The molecular weight excluding hydrogens is 159 g/mol. The SMILES string of the molecule is CNc1cccc(F)c1/C=N/O. The highest BCUT2D eigenvalue weighted by Crippen LogP contribution is 2.15. The maximum absolute atomic E-state index is 13.0. The van der Waals surface area contributed by atoms with Crippen LogP contribution >= 0.6 is 0 Å². The van der Waals surface area contributed by atoms with Crippen LogP contribution in [-0.4, -0.2) is 18.5 Å². The highest BCUT2D eigenvalue weighted by atomic mass is 19.1. The maximum Gasteiger partial charge on any atom is 0.134 e. The molecule has 0 unspecified atom stereocenters. The third kappa shape index (κ3) is 1.53. The van der Waals surface area contributed by atoms with Crippen LogP contribution in [0.1, 0.15) is 5.56 Å². The topological polar surface area (TPSA) is 44.6 Å². The van der Waals surface area contributed by atoms with Crippen molar-refractivity contribution in [3.8, 4) is 0 Å². The van der Waals surface area contributed by atoms with Crippen molar-refractivity contribution in [1.82, 2.24) is 0 Å². The van der Waals surface area contributed by atoms with Gasteiger partial charge in [-0.2, -0.15) is 0 Å². The van der Waals surface area contributed by atoms with Crippen LogP contribution in [0.2, 0.25) is 0 Å². The Hall–Kier alpha value is -1.58. The van der Waals surface area contributed by atoms with E-state index in [0.717, 1.165) is 6.21 Å². The minimum atomic E-state index is -0.417. The smallest absolute Gasteiger partial charge is 0.134 e. The van der Waals surface area contributed by atoms with Gasteiger partial charge in [-0.25, -0.2) is 4.39 Å². The van der Waals surface area contributed by atoms with Gasteiger partial charge in [0.1, 0.15) is 5.82 Å². The summed E-state index contributed by atoms with van der Waals surface area (Å²) in [6.45, 7) is 0. The fraction of sp³-hybridized carbons (Fsp3) is 0.125. The summed E-state index contributed by atoms with van der Waals surface area (Å²) in [5.74, 6) is -0.417. The van der Waals surface area contributed by atoms with Crippen LogP contribution in [-0.2, 0) is 0 Å². The van der Waals surface area contributed by atoms with Crippen LogP contribution in [0.15, 0.2) is 23.4 Å². The lowest BCUT2D eigenvalue weighted by Crippen LogP contribution is -1.97. The molecule has 0 spiro atoms. The zero-order chi connectivity index (χ0) is 8.97. The van der Waals surface area contributed by atoms with Gasteiger partial charge in [0.15, 0.2) is 0 Å². The molecule has 1 aromatic carbocycles. The second kappa shape index (κ2) is 3.71. The molecule has 3 nitrogen and oxygen atoms in total. The Bertz CT molecular complexity index is 299. The summed E-state index contributed by atoms with van der Waals surface area (Å²) in [6, 6.07) is 4.58. The highest BCUT2D eigenvalue weighted by Gasteiger charge is 2.03. The molecule has 0 aliphatic heterocycles. The first-order chi connectivity index (χ1) is 5.79. The van der Waals surface area contributed by atoms with Crippen LogP contribution in [0.5, 0.6) is 0 Å². The second-order valence-electron chi connectivity index (χ2n) is 2.20. The predicted octanol–water partition coefficient (Wildman–Crippen LogP) is 1.68. The normalized spacial score (nSPS) is 10.5. The zero-order valence-electron chi connectivity index (χ0n) is 6.58. The van der Waals surface area contributed by atoms with E-state index in [9.17, 15) is 4.39 Å². The summed E-state index contributed by atoms with van der Waals surface area (Å²) >= 11 is 0. The van der Waals surface area contributed by atoms with Crippen molar-refractivity contribution in [1.29, 1.82) is 0 Å². The van der Waals surface area contributed by atoms with E-state index in [1.54, 1.807) is 19.2 Å². The lowest BCUT2D eigenvalue weighted by molar-refractivity contribution is 0.321. The van der Waals surface area contributed by atoms with Gasteiger partial charge in [-0.3, -0.25) is 0 Å². The Morgan fingerprint density at radius 3 is 2.92 bits per heavy atom. The fourth-order valence-electron chi connectivity index (χ4n) is 0.944. The molecule has 64 valence electrons. The Morgan fingerprint density at radius 2 is 2.33 bits per heavy atom. The number of nitrogens with zero attached hydrogens (tertiary/aromatic N) is 1. The average molecular weight is 168 g/mol. The Kier molecular flexibility index (Phi) is 2.63. The van der Waals surface area contributed by atoms with E-state index in [2.05, 4.69) is 10.5 Å². The molecule has 0 bridgehead atoms. The molecule has 1 rings (SSSR count). The number of halogens is 1. The van der Waals surface area contributed by atoms with Crippen LogP contribution in [0, 0.1) is 5.82 Å². The zero-order valence-corrected chi connectivity index (χ0v) is 6.58. The standard InChI is InChI=1S/C8H9FN2O/c1-10-8-4-2-3-7(9)6(8)5-11-12/h2-5,10,12H,1H3/b11-5+. The number of anilines is 1. The molecular formula is C8H9FN2O. The lowest BCUT2D eigenvalue weighted by atomic mass is 10.2. The largest absolute Gasteiger partial charge is 0.411 e. The van der Waals surface area contributed by atoms with Gasteiger partial charge in [-0.1, -0.05) is 11.2 Å². The molecule has 0 radical (unpaired) electrons. The van der Waals surface area contributed by atoms with Crippen LogP contribution in [0.4, 0.5) is 10.1 Å². The van der Waals surface area contributed by atoms with Crippen molar-refractivity contribution < 1.29 is 9.60 Å². The van der Waals surface area contributed by atoms with Crippen molar-refractivity contribution in [2.75, 3.05) is 12.4 Å². The van der Waals surface area contributed by atoms with Gasteiger partial charge in [0.25, 0.3) is 0 Å². The van der Waals surface area contributed by atoms with E-state index in [1.165, 1.54) is 6.07 Å². The molecule has 1 aromatic rings. The molecule has 0 fully saturated rings. The summed E-state index contributed by atoms with van der Waals surface area (Å²) in [5.41, 5.74) is 0.843. The third-order valence-electron chi connectivity index (χ3n) is 1.51. The molecule has 0 amide bonds. The van der Waals surface area contributed by atoms with Gasteiger partial charge in [0, 0.05) is 12.7 Å². The van der Waals surface area contributed by atoms with Gasteiger partial charge < -0.3 is 10.5 Å². The van der Waals surface area contributed by atoms with E-state index in [4.69, 9.17) is 5.21 Å². The van der Waals surface area contributed by atoms with Crippen molar-refractivity contribution in [2.45, 2.75) is 0 Å². The highest BCUT2D eigenvalue weighted by molar-refractivity contribution is 5.87. The monoisotopic (exact) mass is 168 g/mol. The summed E-state index contributed by atoms with van der Waals surface area (Å²) in [6.07, 6.45) is 1.06. The molecule has 4 heteroatoms. The van der Waals surface area contributed by atoms with Crippen molar-refractivity contribution in [3.05, 3.63) is 29.6 Å². The summed E-state index contributed by atoms with van der Waals surface area (Å²) in [7, 11) is 1.67. The van der Waals surface area contributed by atoms with Crippen LogP contribution < -0.4 is 5.32 Å². The number of oxime groups is 1. The van der Waals surface area contributed by atoms with Gasteiger partial charge in [0.05, 0.1) is 11.8 Å². The quantitative estimate of drug-likeness (QED) is 0.401. The first kappa shape index (κ1) is 8.52. The Labute approximate surface area is 69.5 Å². The number of hydrogen-bond acceptors (Lipinski definition) is 3. The first-order valence-corrected chi connectivity index (χ1v) is 3.43. The molecule has 0 heterocycles. The van der Waals surface area contributed by atoms with E-state index >= 15 is 0 Å². The van der Waals surface area contributed by atoms with Gasteiger partial charge in [-0.15, -0.1) is 0 Å². The summed E-state index contributed by atoms with van der Waals surface area (Å²) in [4.78, 5) is 0. The van der Waals surface area contributed by atoms with Gasteiger partial charge in [-0.05, 0) is 12.1 Å². The minimum Gasteiger partial charge on any atom is -0.411 e. The summed E-state index contributed by atoms with van der Waals surface area (Å²) < 4.78 is 13.0. The number of hydrogen-bond donors (Lipinski definition) is 2. The molecule has 0 aliphatic carbocycles. The Morgan fingerprint density at radius 1 is 1.58 bits per heavy atom. The number of nitrogens with one attached hydrogen (secondary N) is 1. The van der Waals surface area contributed by atoms with Crippen LogP contribution in [0.3, 0.4) is 0 Å².